The van der Waals surface area contributed by atoms with Gasteiger partial charge in [-0.3, -0.25) is 0 Å². The summed E-state index contributed by atoms with van der Waals surface area (Å²) in [6.07, 6.45) is 1.69. The highest BCUT2D eigenvalue weighted by Gasteiger charge is 2.18. The normalized spacial score (nSPS) is 11.8. The third kappa shape index (κ3) is 4.09. The lowest BCUT2D eigenvalue weighted by Crippen LogP contribution is -2.25. The molecule has 1 N–H and O–H groups in total. The SMILES string of the molecule is Cc1ccc(S(=O)(=O)NCc2nc3cccnc3n2Cc2ccccc2Cl)cc1C. The summed E-state index contributed by atoms with van der Waals surface area (Å²) in [5, 5.41) is 0.636. The first kappa shape index (κ1) is 20.5. The molecule has 0 aliphatic heterocycles. The van der Waals surface area contributed by atoms with Gasteiger partial charge in [0, 0.05) is 11.2 Å². The molecule has 8 heteroatoms. The zero-order valence-electron chi connectivity index (χ0n) is 16.6. The minimum absolute atomic E-state index is 0.0378. The number of benzene rings is 2. The van der Waals surface area contributed by atoms with Crippen molar-refractivity contribution in [2.24, 2.45) is 0 Å². The Labute approximate surface area is 180 Å². The summed E-state index contributed by atoms with van der Waals surface area (Å²) in [5.41, 5.74) is 4.25. The highest BCUT2D eigenvalue weighted by molar-refractivity contribution is 7.89. The Morgan fingerprint density at radius 1 is 1.03 bits per heavy atom. The Balaban J connectivity index is 1.67. The molecule has 0 aliphatic carbocycles. The van der Waals surface area contributed by atoms with Crippen molar-refractivity contribution < 1.29 is 8.42 Å². The fraction of sp³-hybridized carbons (Fsp3) is 0.182. The Morgan fingerprint density at radius 3 is 2.60 bits per heavy atom. The van der Waals surface area contributed by atoms with Crippen molar-refractivity contribution in [2.45, 2.75) is 31.8 Å². The molecule has 0 saturated carbocycles. The first-order chi connectivity index (χ1) is 14.3. The minimum Gasteiger partial charge on any atom is -0.307 e. The van der Waals surface area contributed by atoms with E-state index in [2.05, 4.69) is 14.7 Å². The Bertz CT molecular complexity index is 1330. The topological polar surface area (TPSA) is 76.9 Å². The molecular weight excluding hydrogens is 420 g/mol. The van der Waals surface area contributed by atoms with Crippen LogP contribution in [0.1, 0.15) is 22.5 Å². The number of imidazole rings is 1. The van der Waals surface area contributed by atoms with Gasteiger partial charge in [0.05, 0.1) is 18.0 Å². The maximum atomic E-state index is 12.8. The molecule has 0 bridgehead atoms. The molecule has 2 aromatic carbocycles. The fourth-order valence-electron chi connectivity index (χ4n) is 3.23. The van der Waals surface area contributed by atoms with E-state index in [0.29, 0.717) is 28.6 Å². The van der Waals surface area contributed by atoms with Crippen molar-refractivity contribution in [3.8, 4) is 0 Å². The predicted octanol–water partition coefficient (Wildman–Crippen LogP) is 4.23. The number of hydrogen-bond donors (Lipinski definition) is 1. The van der Waals surface area contributed by atoms with E-state index in [1.807, 2.05) is 48.7 Å². The zero-order chi connectivity index (χ0) is 21.3. The Hall–Kier alpha value is -2.74. The lowest BCUT2D eigenvalue weighted by Gasteiger charge is -2.12. The maximum Gasteiger partial charge on any atom is 0.240 e. The van der Waals surface area contributed by atoms with Crippen LogP contribution in [0, 0.1) is 13.8 Å². The molecule has 0 spiro atoms. The molecule has 0 amide bonds. The van der Waals surface area contributed by atoms with E-state index < -0.39 is 10.0 Å². The smallest absolute Gasteiger partial charge is 0.240 e. The first-order valence-corrected chi connectivity index (χ1v) is 11.3. The Kier molecular flexibility index (Phi) is 5.60. The van der Waals surface area contributed by atoms with Crippen LogP contribution >= 0.6 is 11.6 Å². The number of pyridine rings is 1. The van der Waals surface area contributed by atoms with Gasteiger partial charge in [0.1, 0.15) is 11.3 Å². The summed E-state index contributed by atoms with van der Waals surface area (Å²) in [7, 11) is -3.68. The predicted molar refractivity (Wildman–Crippen MR) is 118 cm³/mol. The second kappa shape index (κ2) is 8.18. The molecule has 0 fully saturated rings. The number of nitrogens with one attached hydrogen (secondary N) is 1. The first-order valence-electron chi connectivity index (χ1n) is 9.45. The highest BCUT2D eigenvalue weighted by Crippen LogP contribution is 2.21. The van der Waals surface area contributed by atoms with Crippen molar-refractivity contribution in [3.63, 3.8) is 0 Å². The van der Waals surface area contributed by atoms with Crippen LogP contribution in [-0.4, -0.2) is 23.0 Å². The molecule has 0 unspecified atom stereocenters. The van der Waals surface area contributed by atoms with Gasteiger partial charge in [-0.1, -0.05) is 35.9 Å². The molecule has 2 heterocycles. The highest BCUT2D eigenvalue weighted by atomic mass is 35.5. The van der Waals surface area contributed by atoms with E-state index >= 15 is 0 Å². The van der Waals surface area contributed by atoms with Crippen LogP contribution in [0.15, 0.2) is 65.7 Å². The molecule has 154 valence electrons. The van der Waals surface area contributed by atoms with Crippen molar-refractivity contribution in [2.75, 3.05) is 0 Å². The van der Waals surface area contributed by atoms with Crippen LogP contribution in [0.3, 0.4) is 0 Å². The second-order valence-corrected chi connectivity index (χ2v) is 9.30. The van der Waals surface area contributed by atoms with Crippen LogP contribution in [-0.2, 0) is 23.1 Å². The van der Waals surface area contributed by atoms with Gasteiger partial charge in [-0.2, -0.15) is 0 Å². The number of aromatic nitrogens is 3. The molecular formula is C22H21ClN4O2S. The summed E-state index contributed by atoms with van der Waals surface area (Å²) >= 11 is 6.34. The molecule has 0 radical (unpaired) electrons. The Morgan fingerprint density at radius 2 is 1.83 bits per heavy atom. The number of sulfonamides is 1. The monoisotopic (exact) mass is 440 g/mol. The van der Waals surface area contributed by atoms with Crippen LogP contribution in [0.25, 0.3) is 11.2 Å². The largest absolute Gasteiger partial charge is 0.307 e. The fourth-order valence-corrected chi connectivity index (χ4v) is 4.49. The quantitative estimate of drug-likeness (QED) is 0.486. The van der Waals surface area contributed by atoms with Crippen LogP contribution in [0.2, 0.25) is 5.02 Å². The number of nitrogens with zero attached hydrogens (tertiary/aromatic N) is 3. The van der Waals surface area contributed by atoms with Gasteiger partial charge in [-0.25, -0.2) is 23.1 Å². The molecule has 0 aliphatic rings. The van der Waals surface area contributed by atoms with E-state index in [0.717, 1.165) is 16.7 Å². The van der Waals surface area contributed by atoms with Crippen molar-refractivity contribution >= 4 is 32.8 Å². The third-order valence-corrected chi connectivity index (χ3v) is 6.85. The summed E-state index contributed by atoms with van der Waals surface area (Å²) in [5.74, 6) is 0.566. The summed E-state index contributed by atoms with van der Waals surface area (Å²) in [6.45, 7) is 4.32. The minimum atomic E-state index is -3.68. The molecule has 30 heavy (non-hydrogen) atoms. The lowest BCUT2D eigenvalue weighted by atomic mass is 10.1. The summed E-state index contributed by atoms with van der Waals surface area (Å²) < 4.78 is 30.2. The molecule has 6 nitrogen and oxygen atoms in total. The van der Waals surface area contributed by atoms with Crippen molar-refractivity contribution in [3.05, 3.63) is 88.3 Å². The van der Waals surface area contributed by atoms with E-state index in [1.165, 1.54) is 0 Å². The number of aryl methyl sites for hydroxylation is 2. The number of fused-ring (bicyclic) bond motifs is 1. The van der Waals surface area contributed by atoms with Gasteiger partial charge >= 0.3 is 0 Å². The standard InChI is InChI=1S/C22H21ClN4O2S/c1-15-9-10-18(12-16(15)2)30(28,29)25-13-21-26-20-8-5-11-24-22(20)27(21)14-17-6-3-4-7-19(17)23/h3-12,25H,13-14H2,1-2H3. The van der Waals surface area contributed by atoms with Crippen LogP contribution < -0.4 is 4.72 Å². The average Bonchev–Trinajstić information content (AvgIpc) is 3.08. The number of hydrogen-bond acceptors (Lipinski definition) is 4. The van der Waals surface area contributed by atoms with E-state index in [9.17, 15) is 8.42 Å². The van der Waals surface area contributed by atoms with Gasteiger partial charge in [0.2, 0.25) is 10.0 Å². The number of halogens is 1. The van der Waals surface area contributed by atoms with Crippen LogP contribution in [0.5, 0.6) is 0 Å². The van der Waals surface area contributed by atoms with Gasteiger partial charge < -0.3 is 4.57 Å². The van der Waals surface area contributed by atoms with Crippen molar-refractivity contribution in [1.29, 1.82) is 0 Å². The number of rotatable bonds is 6. The zero-order valence-corrected chi connectivity index (χ0v) is 18.2. The maximum absolute atomic E-state index is 12.8. The molecule has 4 aromatic rings. The van der Waals surface area contributed by atoms with Gasteiger partial charge in [0.25, 0.3) is 0 Å². The summed E-state index contributed by atoms with van der Waals surface area (Å²) in [4.78, 5) is 9.26. The lowest BCUT2D eigenvalue weighted by molar-refractivity contribution is 0.576. The third-order valence-electron chi connectivity index (χ3n) is 5.08. The molecule has 4 rings (SSSR count). The molecule has 0 atom stereocenters. The second-order valence-electron chi connectivity index (χ2n) is 7.12. The average molecular weight is 441 g/mol. The van der Waals surface area contributed by atoms with E-state index in [1.54, 1.807) is 30.5 Å². The van der Waals surface area contributed by atoms with Gasteiger partial charge in [-0.15, -0.1) is 0 Å². The molecule has 0 saturated heterocycles. The van der Waals surface area contributed by atoms with Gasteiger partial charge in [-0.05, 0) is 60.9 Å². The molecule has 2 aromatic heterocycles. The van der Waals surface area contributed by atoms with E-state index in [-0.39, 0.29) is 11.4 Å². The van der Waals surface area contributed by atoms with Crippen LogP contribution in [0.4, 0.5) is 0 Å². The van der Waals surface area contributed by atoms with Crippen molar-refractivity contribution in [1.82, 2.24) is 19.3 Å². The summed E-state index contributed by atoms with van der Waals surface area (Å²) in [6, 6.07) is 16.3. The van der Waals surface area contributed by atoms with Gasteiger partial charge in [0.15, 0.2) is 5.65 Å². The van der Waals surface area contributed by atoms with E-state index in [4.69, 9.17) is 11.6 Å².